The van der Waals surface area contributed by atoms with Crippen LogP contribution in [0.1, 0.15) is 55.0 Å². The van der Waals surface area contributed by atoms with Gasteiger partial charge in [0.1, 0.15) is 0 Å². The number of aryl methyl sites for hydroxylation is 1. The molecule has 1 aromatic heterocycles. The van der Waals surface area contributed by atoms with E-state index in [1.54, 1.807) is 30.5 Å². The summed E-state index contributed by atoms with van der Waals surface area (Å²) in [5.74, 6) is 1.62. The number of rotatable bonds is 12. The van der Waals surface area contributed by atoms with E-state index in [1.165, 1.54) is 10.4 Å². The molecular formula is C27H38N2O4S. The maximum absolute atomic E-state index is 13.5. The molecule has 1 fully saturated rings. The van der Waals surface area contributed by atoms with Crippen molar-refractivity contribution in [3.8, 4) is 11.5 Å². The summed E-state index contributed by atoms with van der Waals surface area (Å²) in [5, 5.41) is 2.06. The van der Waals surface area contributed by atoms with Crippen molar-refractivity contribution in [2.24, 2.45) is 5.92 Å². The highest BCUT2D eigenvalue weighted by Crippen LogP contribution is 2.29. The maximum Gasteiger partial charge on any atom is 0.242 e. The minimum absolute atomic E-state index is 0.00748. The van der Waals surface area contributed by atoms with E-state index in [9.17, 15) is 9.59 Å². The van der Waals surface area contributed by atoms with E-state index in [2.05, 4.69) is 25.3 Å². The van der Waals surface area contributed by atoms with Gasteiger partial charge in [-0.05, 0) is 67.3 Å². The second-order valence-electron chi connectivity index (χ2n) is 9.02. The zero-order valence-corrected chi connectivity index (χ0v) is 21.8. The quantitative estimate of drug-likeness (QED) is 0.420. The predicted octanol–water partition coefficient (Wildman–Crippen LogP) is 5.07. The Balaban J connectivity index is 1.74. The van der Waals surface area contributed by atoms with Gasteiger partial charge >= 0.3 is 0 Å². The number of nitrogens with zero attached hydrogens (tertiary/aromatic N) is 2. The molecule has 1 saturated carbocycles. The Labute approximate surface area is 207 Å². The molecule has 0 unspecified atom stereocenters. The molecule has 1 aliphatic carbocycles. The third-order valence-corrected chi connectivity index (χ3v) is 7.62. The van der Waals surface area contributed by atoms with Gasteiger partial charge < -0.3 is 19.3 Å². The molecular weight excluding hydrogens is 448 g/mol. The SMILES string of the molecule is CCCN(CC(=O)N(CCc1ccc(OC)c(OC)c1)Cc1sccc1C)C(=O)C1CCCC1. The molecule has 2 aromatic rings. The smallest absolute Gasteiger partial charge is 0.242 e. The minimum Gasteiger partial charge on any atom is -0.493 e. The molecule has 186 valence electrons. The summed E-state index contributed by atoms with van der Waals surface area (Å²) < 4.78 is 10.8. The summed E-state index contributed by atoms with van der Waals surface area (Å²) in [4.78, 5) is 31.5. The molecule has 0 spiro atoms. The third-order valence-electron chi connectivity index (χ3n) is 6.61. The van der Waals surface area contributed by atoms with Gasteiger partial charge in [-0.15, -0.1) is 11.3 Å². The van der Waals surface area contributed by atoms with E-state index < -0.39 is 0 Å². The van der Waals surface area contributed by atoms with Crippen molar-refractivity contribution in [1.82, 2.24) is 9.80 Å². The number of carbonyl (C=O) groups excluding carboxylic acids is 2. The topological polar surface area (TPSA) is 59.1 Å². The Morgan fingerprint density at radius 3 is 2.38 bits per heavy atom. The highest BCUT2D eigenvalue weighted by Gasteiger charge is 2.29. The van der Waals surface area contributed by atoms with Gasteiger partial charge in [-0.1, -0.05) is 25.8 Å². The number of hydrogen-bond donors (Lipinski definition) is 0. The molecule has 3 rings (SSSR count). The molecule has 1 aliphatic rings. The Morgan fingerprint density at radius 2 is 1.76 bits per heavy atom. The molecule has 7 heteroatoms. The van der Waals surface area contributed by atoms with Gasteiger partial charge in [-0.25, -0.2) is 0 Å². The monoisotopic (exact) mass is 486 g/mol. The van der Waals surface area contributed by atoms with Gasteiger partial charge in [0.2, 0.25) is 11.8 Å². The van der Waals surface area contributed by atoms with Crippen LogP contribution in [-0.4, -0.2) is 55.5 Å². The lowest BCUT2D eigenvalue weighted by Crippen LogP contribution is -2.45. The van der Waals surface area contributed by atoms with Gasteiger partial charge in [-0.2, -0.15) is 0 Å². The van der Waals surface area contributed by atoms with E-state index in [0.717, 1.165) is 37.7 Å². The molecule has 34 heavy (non-hydrogen) atoms. The minimum atomic E-state index is 0.00748. The average Bonchev–Trinajstić information content (AvgIpc) is 3.52. The Morgan fingerprint density at radius 1 is 1.03 bits per heavy atom. The van der Waals surface area contributed by atoms with Crippen molar-refractivity contribution < 1.29 is 19.1 Å². The predicted molar refractivity (Wildman–Crippen MR) is 137 cm³/mol. The average molecular weight is 487 g/mol. The molecule has 0 saturated heterocycles. The largest absolute Gasteiger partial charge is 0.493 e. The zero-order valence-electron chi connectivity index (χ0n) is 21.0. The molecule has 1 heterocycles. The Kier molecular flexibility index (Phi) is 9.81. The lowest BCUT2D eigenvalue weighted by molar-refractivity contribution is -0.143. The van der Waals surface area contributed by atoms with Crippen LogP contribution < -0.4 is 9.47 Å². The molecule has 0 aliphatic heterocycles. The fourth-order valence-corrected chi connectivity index (χ4v) is 5.48. The highest BCUT2D eigenvalue weighted by atomic mass is 32.1. The molecule has 6 nitrogen and oxygen atoms in total. The number of methoxy groups -OCH3 is 2. The van der Waals surface area contributed by atoms with Crippen LogP contribution in [0.3, 0.4) is 0 Å². The van der Waals surface area contributed by atoms with E-state index in [4.69, 9.17) is 9.47 Å². The van der Waals surface area contributed by atoms with Crippen molar-refractivity contribution >= 4 is 23.2 Å². The summed E-state index contributed by atoms with van der Waals surface area (Å²) in [6.07, 6.45) is 5.66. The summed E-state index contributed by atoms with van der Waals surface area (Å²) in [6.45, 7) is 6.05. The van der Waals surface area contributed by atoms with Crippen LogP contribution >= 0.6 is 11.3 Å². The number of amides is 2. The second-order valence-corrected chi connectivity index (χ2v) is 10.0. The normalized spacial score (nSPS) is 13.6. The zero-order chi connectivity index (χ0) is 24.5. The fourth-order valence-electron chi connectivity index (χ4n) is 4.56. The molecule has 2 amide bonds. The Hall–Kier alpha value is -2.54. The number of hydrogen-bond acceptors (Lipinski definition) is 5. The number of benzene rings is 1. The highest BCUT2D eigenvalue weighted by molar-refractivity contribution is 7.10. The molecule has 1 aromatic carbocycles. The summed E-state index contributed by atoms with van der Waals surface area (Å²) in [6, 6.07) is 7.95. The number of ether oxygens (including phenoxy) is 2. The molecule has 0 atom stereocenters. The molecule has 0 radical (unpaired) electrons. The van der Waals surface area contributed by atoms with Crippen LogP contribution in [-0.2, 0) is 22.6 Å². The van der Waals surface area contributed by atoms with Crippen molar-refractivity contribution in [2.45, 2.75) is 58.9 Å². The van der Waals surface area contributed by atoms with Gasteiger partial charge in [0.05, 0.1) is 27.3 Å². The molecule has 0 bridgehead atoms. The van der Waals surface area contributed by atoms with Gasteiger partial charge in [0, 0.05) is 23.9 Å². The van der Waals surface area contributed by atoms with E-state index in [0.29, 0.717) is 37.6 Å². The summed E-state index contributed by atoms with van der Waals surface area (Å²) in [5.41, 5.74) is 2.27. The van der Waals surface area contributed by atoms with Crippen molar-refractivity contribution in [3.05, 3.63) is 45.6 Å². The van der Waals surface area contributed by atoms with Gasteiger partial charge in [0.15, 0.2) is 11.5 Å². The van der Waals surface area contributed by atoms with Crippen LogP contribution in [0.15, 0.2) is 29.6 Å². The number of carbonyl (C=O) groups is 2. The second kappa shape index (κ2) is 12.8. The van der Waals surface area contributed by atoms with E-state index >= 15 is 0 Å². The Bertz CT molecular complexity index is 952. The van der Waals surface area contributed by atoms with E-state index in [-0.39, 0.29) is 24.3 Å². The first-order valence-corrected chi connectivity index (χ1v) is 13.1. The third kappa shape index (κ3) is 6.75. The number of thiophene rings is 1. The van der Waals surface area contributed by atoms with Crippen LogP contribution in [0.4, 0.5) is 0 Å². The van der Waals surface area contributed by atoms with Gasteiger partial charge in [-0.3, -0.25) is 9.59 Å². The summed E-state index contributed by atoms with van der Waals surface area (Å²) in [7, 11) is 3.25. The van der Waals surface area contributed by atoms with Crippen LogP contribution in [0.25, 0.3) is 0 Å². The standard InChI is InChI=1S/C27H38N2O4S/c1-5-14-29(27(31)22-8-6-7-9-22)19-26(30)28(18-25-20(2)13-16-34-25)15-12-21-10-11-23(32-3)24(17-21)33-4/h10-11,13,16-17,22H,5-9,12,14-15,18-19H2,1-4H3. The lowest BCUT2D eigenvalue weighted by Gasteiger charge is -2.29. The van der Waals surface area contributed by atoms with Crippen molar-refractivity contribution in [3.63, 3.8) is 0 Å². The summed E-state index contributed by atoms with van der Waals surface area (Å²) >= 11 is 1.67. The first kappa shape index (κ1) is 26.1. The van der Waals surface area contributed by atoms with E-state index in [1.807, 2.05) is 23.1 Å². The van der Waals surface area contributed by atoms with Crippen LogP contribution in [0.2, 0.25) is 0 Å². The van der Waals surface area contributed by atoms with Crippen molar-refractivity contribution in [2.75, 3.05) is 33.9 Å². The lowest BCUT2D eigenvalue weighted by atomic mass is 10.1. The van der Waals surface area contributed by atoms with Gasteiger partial charge in [0.25, 0.3) is 0 Å². The molecule has 0 N–H and O–H groups in total. The fraction of sp³-hybridized carbons (Fsp3) is 0.556. The first-order valence-electron chi connectivity index (χ1n) is 12.3. The van der Waals surface area contributed by atoms with Crippen molar-refractivity contribution in [1.29, 1.82) is 0 Å². The van der Waals surface area contributed by atoms with Crippen LogP contribution in [0, 0.1) is 12.8 Å². The first-order chi connectivity index (χ1) is 16.5. The van der Waals surface area contributed by atoms with Crippen LogP contribution in [0.5, 0.6) is 11.5 Å². The maximum atomic E-state index is 13.5.